The maximum absolute atomic E-state index is 11.3. The van der Waals surface area contributed by atoms with E-state index in [1.54, 1.807) is 6.07 Å². The van der Waals surface area contributed by atoms with Gasteiger partial charge < -0.3 is 9.67 Å². The molecule has 0 bridgehead atoms. The van der Waals surface area contributed by atoms with Crippen LogP contribution in [-0.4, -0.2) is 15.6 Å². The molecule has 0 saturated carbocycles. The standard InChI is InChI=1S/C14H17NO2/c1-8(2)15-10(4)7-11-5-9(3)6-12(13(11)15)14(16)17/h5-8H,1-4H3,(H,16,17). The first-order chi connectivity index (χ1) is 7.91. The van der Waals surface area contributed by atoms with Gasteiger partial charge in [0.2, 0.25) is 0 Å². The minimum absolute atomic E-state index is 0.258. The molecule has 0 unspecified atom stereocenters. The van der Waals surface area contributed by atoms with Crippen molar-refractivity contribution < 1.29 is 9.90 Å². The molecule has 0 saturated heterocycles. The first-order valence-electron chi connectivity index (χ1n) is 5.77. The summed E-state index contributed by atoms with van der Waals surface area (Å²) in [5.41, 5.74) is 3.30. The van der Waals surface area contributed by atoms with E-state index in [-0.39, 0.29) is 6.04 Å². The number of carboxylic acid groups (broad SMARTS) is 1. The molecule has 0 aliphatic carbocycles. The topological polar surface area (TPSA) is 42.2 Å². The van der Waals surface area contributed by atoms with Gasteiger partial charge in [-0.2, -0.15) is 0 Å². The zero-order chi connectivity index (χ0) is 12.7. The summed E-state index contributed by atoms with van der Waals surface area (Å²) in [6, 6.07) is 6.08. The zero-order valence-electron chi connectivity index (χ0n) is 10.6. The Kier molecular flexibility index (Phi) is 2.69. The molecule has 0 radical (unpaired) electrons. The highest BCUT2D eigenvalue weighted by Gasteiger charge is 2.16. The lowest BCUT2D eigenvalue weighted by Crippen LogP contribution is -2.07. The SMILES string of the molecule is Cc1cc(C(=O)O)c2c(c1)cc(C)n2C(C)C. The van der Waals surface area contributed by atoms with Gasteiger partial charge in [-0.1, -0.05) is 0 Å². The van der Waals surface area contributed by atoms with Gasteiger partial charge in [-0.15, -0.1) is 0 Å². The summed E-state index contributed by atoms with van der Waals surface area (Å²) in [5, 5.41) is 10.3. The van der Waals surface area contributed by atoms with Crippen molar-refractivity contribution in [1.82, 2.24) is 4.57 Å². The molecule has 2 aromatic rings. The minimum Gasteiger partial charge on any atom is -0.478 e. The fourth-order valence-electron chi connectivity index (χ4n) is 2.49. The number of benzene rings is 1. The number of aryl methyl sites for hydroxylation is 2. The molecule has 1 aromatic carbocycles. The Labute approximate surface area is 101 Å². The van der Waals surface area contributed by atoms with Gasteiger partial charge in [0.25, 0.3) is 0 Å². The summed E-state index contributed by atoms with van der Waals surface area (Å²) in [4.78, 5) is 11.3. The van der Waals surface area contributed by atoms with Crippen molar-refractivity contribution in [3.63, 3.8) is 0 Å². The average molecular weight is 231 g/mol. The van der Waals surface area contributed by atoms with Gasteiger partial charge in [-0.3, -0.25) is 0 Å². The van der Waals surface area contributed by atoms with Gasteiger partial charge in [0.1, 0.15) is 0 Å². The van der Waals surface area contributed by atoms with E-state index in [1.807, 2.05) is 19.9 Å². The lowest BCUT2D eigenvalue weighted by molar-refractivity contribution is 0.0698. The molecule has 0 aliphatic heterocycles. The molecule has 1 heterocycles. The fourth-order valence-corrected chi connectivity index (χ4v) is 2.49. The number of carboxylic acids is 1. The number of carbonyl (C=O) groups is 1. The van der Waals surface area contributed by atoms with Crippen molar-refractivity contribution in [3.05, 3.63) is 35.0 Å². The van der Waals surface area contributed by atoms with Gasteiger partial charge in [0.05, 0.1) is 11.1 Å². The second-order valence-corrected chi connectivity index (χ2v) is 4.80. The highest BCUT2D eigenvalue weighted by atomic mass is 16.4. The molecule has 3 nitrogen and oxygen atoms in total. The van der Waals surface area contributed by atoms with Crippen molar-refractivity contribution in [2.75, 3.05) is 0 Å². The van der Waals surface area contributed by atoms with Crippen LogP contribution in [0.5, 0.6) is 0 Å². The highest BCUT2D eigenvalue weighted by molar-refractivity contribution is 6.03. The molecule has 0 aliphatic rings. The van der Waals surface area contributed by atoms with Gasteiger partial charge in [-0.05, 0) is 51.5 Å². The second kappa shape index (κ2) is 3.91. The summed E-state index contributed by atoms with van der Waals surface area (Å²) < 4.78 is 2.08. The van der Waals surface area contributed by atoms with E-state index in [2.05, 4.69) is 24.5 Å². The third-order valence-corrected chi connectivity index (χ3v) is 3.02. The number of rotatable bonds is 2. The van der Waals surface area contributed by atoms with Crippen molar-refractivity contribution in [2.24, 2.45) is 0 Å². The number of fused-ring (bicyclic) bond motifs is 1. The van der Waals surface area contributed by atoms with Crippen LogP contribution < -0.4 is 0 Å². The molecule has 0 spiro atoms. The summed E-state index contributed by atoms with van der Waals surface area (Å²) in [6.07, 6.45) is 0. The molecule has 2 rings (SSSR count). The number of hydrogen-bond donors (Lipinski definition) is 1. The second-order valence-electron chi connectivity index (χ2n) is 4.80. The first kappa shape index (κ1) is 11.7. The van der Waals surface area contributed by atoms with E-state index >= 15 is 0 Å². The molecule has 3 heteroatoms. The number of nitrogens with zero attached hydrogens (tertiary/aromatic N) is 1. The van der Waals surface area contributed by atoms with Crippen molar-refractivity contribution in [1.29, 1.82) is 0 Å². The first-order valence-corrected chi connectivity index (χ1v) is 5.77. The zero-order valence-corrected chi connectivity index (χ0v) is 10.6. The Bertz CT molecular complexity index is 594. The van der Waals surface area contributed by atoms with E-state index in [0.29, 0.717) is 5.56 Å². The summed E-state index contributed by atoms with van der Waals surface area (Å²) in [7, 11) is 0. The van der Waals surface area contributed by atoms with Crippen LogP contribution in [0.3, 0.4) is 0 Å². The minimum atomic E-state index is -0.862. The van der Waals surface area contributed by atoms with Crippen LogP contribution in [0.1, 0.15) is 41.5 Å². The van der Waals surface area contributed by atoms with Gasteiger partial charge in [0.15, 0.2) is 0 Å². The molecular formula is C14H17NO2. The van der Waals surface area contributed by atoms with Crippen LogP contribution in [0.2, 0.25) is 0 Å². The lowest BCUT2D eigenvalue weighted by atomic mass is 10.1. The Morgan fingerprint density at radius 3 is 2.41 bits per heavy atom. The smallest absolute Gasteiger partial charge is 0.337 e. The average Bonchev–Trinajstić information content (AvgIpc) is 2.51. The largest absolute Gasteiger partial charge is 0.478 e. The van der Waals surface area contributed by atoms with Gasteiger partial charge in [-0.25, -0.2) is 4.79 Å². The van der Waals surface area contributed by atoms with Crippen molar-refractivity contribution >= 4 is 16.9 Å². The highest BCUT2D eigenvalue weighted by Crippen LogP contribution is 2.28. The third-order valence-electron chi connectivity index (χ3n) is 3.02. The van der Waals surface area contributed by atoms with E-state index in [1.165, 1.54) is 0 Å². The molecule has 17 heavy (non-hydrogen) atoms. The van der Waals surface area contributed by atoms with Crippen LogP contribution in [0.25, 0.3) is 10.9 Å². The van der Waals surface area contributed by atoms with Crippen molar-refractivity contribution in [3.8, 4) is 0 Å². The normalized spacial score (nSPS) is 11.4. The van der Waals surface area contributed by atoms with E-state index in [0.717, 1.165) is 22.2 Å². The molecule has 1 N–H and O–H groups in total. The Balaban J connectivity index is 2.92. The molecule has 0 amide bonds. The summed E-state index contributed by atoms with van der Waals surface area (Å²) in [5.74, 6) is -0.862. The lowest BCUT2D eigenvalue weighted by Gasteiger charge is -2.14. The number of hydrogen-bond acceptors (Lipinski definition) is 1. The Morgan fingerprint density at radius 2 is 1.88 bits per heavy atom. The Hall–Kier alpha value is -1.77. The van der Waals surface area contributed by atoms with Crippen LogP contribution in [0.4, 0.5) is 0 Å². The maximum atomic E-state index is 11.3. The third kappa shape index (κ3) is 1.82. The predicted octanol–water partition coefficient (Wildman–Crippen LogP) is 3.54. The Morgan fingerprint density at radius 1 is 1.24 bits per heavy atom. The van der Waals surface area contributed by atoms with E-state index < -0.39 is 5.97 Å². The van der Waals surface area contributed by atoms with E-state index in [9.17, 15) is 9.90 Å². The van der Waals surface area contributed by atoms with Crippen LogP contribution in [0, 0.1) is 13.8 Å². The van der Waals surface area contributed by atoms with Crippen LogP contribution in [0.15, 0.2) is 18.2 Å². The molecule has 0 fully saturated rings. The molecular weight excluding hydrogens is 214 g/mol. The van der Waals surface area contributed by atoms with Gasteiger partial charge >= 0.3 is 5.97 Å². The van der Waals surface area contributed by atoms with Crippen LogP contribution in [-0.2, 0) is 0 Å². The number of aromatic nitrogens is 1. The van der Waals surface area contributed by atoms with Gasteiger partial charge in [0, 0.05) is 17.1 Å². The molecule has 90 valence electrons. The maximum Gasteiger partial charge on any atom is 0.337 e. The molecule has 0 atom stereocenters. The fraction of sp³-hybridized carbons (Fsp3) is 0.357. The summed E-state index contributed by atoms with van der Waals surface area (Å²) >= 11 is 0. The molecule has 1 aromatic heterocycles. The monoisotopic (exact) mass is 231 g/mol. The summed E-state index contributed by atoms with van der Waals surface area (Å²) in [6.45, 7) is 8.07. The van der Waals surface area contributed by atoms with E-state index in [4.69, 9.17) is 0 Å². The van der Waals surface area contributed by atoms with Crippen molar-refractivity contribution in [2.45, 2.75) is 33.7 Å². The quantitative estimate of drug-likeness (QED) is 0.859. The van der Waals surface area contributed by atoms with Crippen LogP contribution >= 0.6 is 0 Å². The predicted molar refractivity (Wildman–Crippen MR) is 68.8 cm³/mol. The number of aromatic carboxylic acids is 1.